The lowest BCUT2D eigenvalue weighted by molar-refractivity contribution is 0.382. The van der Waals surface area contributed by atoms with E-state index >= 15 is 0 Å². The fourth-order valence-electron chi connectivity index (χ4n) is 1.77. The first-order valence-corrected chi connectivity index (χ1v) is 6.46. The molecule has 0 bridgehead atoms. The van der Waals surface area contributed by atoms with Crippen molar-refractivity contribution in [2.45, 2.75) is 13.5 Å². The molecule has 0 fully saturated rings. The molecule has 0 aliphatic carbocycles. The van der Waals surface area contributed by atoms with Crippen LogP contribution in [0.4, 0.5) is 5.69 Å². The first-order valence-electron chi connectivity index (χ1n) is 6.09. The predicted molar refractivity (Wildman–Crippen MR) is 75.5 cm³/mol. The van der Waals surface area contributed by atoms with Gasteiger partial charge < -0.3 is 14.3 Å². The fraction of sp³-hybridized carbons (Fsp3) is 0.143. The van der Waals surface area contributed by atoms with Crippen molar-refractivity contribution in [2.24, 2.45) is 0 Å². The molecule has 0 amide bonds. The molecule has 6 heteroatoms. The molecule has 0 saturated carbocycles. The van der Waals surface area contributed by atoms with Gasteiger partial charge in [-0.15, -0.1) is 0 Å². The van der Waals surface area contributed by atoms with E-state index in [2.05, 4.69) is 15.5 Å². The van der Waals surface area contributed by atoms with Crippen molar-refractivity contribution in [1.29, 1.82) is 0 Å². The second kappa shape index (κ2) is 5.38. The highest BCUT2D eigenvalue weighted by atomic mass is 35.5. The summed E-state index contributed by atoms with van der Waals surface area (Å²) in [5.74, 6) is 1.58. The van der Waals surface area contributed by atoms with Crippen LogP contribution in [-0.4, -0.2) is 10.1 Å². The smallest absolute Gasteiger partial charge is 0.246 e. The normalized spacial score (nSPS) is 10.7. The van der Waals surface area contributed by atoms with Crippen LogP contribution < -0.4 is 5.32 Å². The number of rotatable bonds is 4. The molecule has 20 heavy (non-hydrogen) atoms. The Morgan fingerprint density at radius 1 is 1.20 bits per heavy atom. The van der Waals surface area contributed by atoms with E-state index in [9.17, 15) is 0 Å². The number of furan rings is 1. The highest BCUT2D eigenvalue weighted by molar-refractivity contribution is 6.30. The summed E-state index contributed by atoms with van der Waals surface area (Å²) in [5, 5.41) is 7.78. The number of nitrogens with one attached hydrogen (secondary N) is 1. The van der Waals surface area contributed by atoms with Crippen LogP contribution in [0.3, 0.4) is 0 Å². The van der Waals surface area contributed by atoms with Crippen molar-refractivity contribution < 1.29 is 8.94 Å². The zero-order valence-electron chi connectivity index (χ0n) is 10.8. The third-order valence-electron chi connectivity index (χ3n) is 2.82. The van der Waals surface area contributed by atoms with Crippen molar-refractivity contribution in [1.82, 2.24) is 10.1 Å². The van der Waals surface area contributed by atoms with Crippen LogP contribution in [0, 0.1) is 6.92 Å². The molecule has 0 spiro atoms. The minimum absolute atomic E-state index is 0.439. The number of aromatic nitrogens is 2. The maximum atomic E-state index is 5.82. The Morgan fingerprint density at radius 2 is 2.00 bits per heavy atom. The molecule has 102 valence electrons. The van der Waals surface area contributed by atoms with Gasteiger partial charge in [0.1, 0.15) is 0 Å². The van der Waals surface area contributed by atoms with Gasteiger partial charge in [-0.05, 0) is 42.8 Å². The number of nitrogens with zero attached hydrogens (tertiary/aromatic N) is 2. The van der Waals surface area contributed by atoms with Crippen LogP contribution in [0.15, 0.2) is 45.5 Å². The molecule has 0 radical (unpaired) electrons. The van der Waals surface area contributed by atoms with Crippen LogP contribution in [0.1, 0.15) is 11.5 Å². The molecule has 1 aromatic carbocycles. The third-order valence-corrected chi connectivity index (χ3v) is 3.07. The summed E-state index contributed by atoms with van der Waals surface area (Å²) in [6.07, 6.45) is 1.60. The average Bonchev–Trinajstić information content (AvgIpc) is 3.06. The Morgan fingerprint density at radius 3 is 2.70 bits per heavy atom. The number of aryl methyl sites for hydroxylation is 1. The predicted octanol–water partition coefficient (Wildman–Crippen LogP) is 3.90. The Labute approximate surface area is 120 Å². The average molecular weight is 290 g/mol. The number of hydrogen-bond acceptors (Lipinski definition) is 5. The molecule has 0 unspecified atom stereocenters. The van der Waals surface area contributed by atoms with E-state index in [1.165, 1.54) is 0 Å². The summed E-state index contributed by atoms with van der Waals surface area (Å²) < 4.78 is 10.5. The Kier molecular flexibility index (Phi) is 3.43. The van der Waals surface area contributed by atoms with E-state index in [1.807, 2.05) is 37.3 Å². The minimum atomic E-state index is 0.439. The van der Waals surface area contributed by atoms with Gasteiger partial charge in [0, 0.05) is 10.7 Å². The summed E-state index contributed by atoms with van der Waals surface area (Å²) in [6.45, 7) is 2.37. The van der Waals surface area contributed by atoms with Gasteiger partial charge in [0.15, 0.2) is 5.76 Å². The maximum Gasteiger partial charge on any atom is 0.246 e. The zero-order valence-corrected chi connectivity index (χ0v) is 11.5. The molecule has 0 saturated heterocycles. The summed E-state index contributed by atoms with van der Waals surface area (Å²) in [5.41, 5.74) is 1.91. The van der Waals surface area contributed by atoms with Crippen LogP contribution >= 0.6 is 11.6 Å². The zero-order chi connectivity index (χ0) is 13.9. The number of hydrogen-bond donors (Lipinski definition) is 1. The van der Waals surface area contributed by atoms with E-state index in [0.29, 0.717) is 29.0 Å². The molecule has 1 N–H and O–H groups in total. The molecule has 5 nitrogen and oxygen atoms in total. The summed E-state index contributed by atoms with van der Waals surface area (Å²) in [7, 11) is 0. The van der Waals surface area contributed by atoms with Gasteiger partial charge >= 0.3 is 0 Å². The fourth-order valence-corrected chi connectivity index (χ4v) is 1.89. The SMILES string of the molecule is Cc1ccoc1-c1noc(CNc2ccc(Cl)cc2)n1. The van der Waals surface area contributed by atoms with Crippen molar-refractivity contribution in [2.75, 3.05) is 5.32 Å². The van der Waals surface area contributed by atoms with Crippen molar-refractivity contribution in [3.05, 3.63) is 53.1 Å². The van der Waals surface area contributed by atoms with Crippen molar-refractivity contribution >= 4 is 17.3 Å². The molecule has 0 aliphatic heterocycles. The second-order valence-electron chi connectivity index (χ2n) is 4.30. The first kappa shape index (κ1) is 12.7. The van der Waals surface area contributed by atoms with E-state index in [4.69, 9.17) is 20.5 Å². The molecule has 3 rings (SSSR count). The lowest BCUT2D eigenvalue weighted by atomic mass is 10.3. The second-order valence-corrected chi connectivity index (χ2v) is 4.74. The van der Waals surface area contributed by atoms with Crippen LogP contribution in [0.5, 0.6) is 0 Å². The van der Waals surface area contributed by atoms with Gasteiger partial charge in [0.25, 0.3) is 0 Å². The molecule has 3 aromatic rings. The molecule has 0 aliphatic rings. The van der Waals surface area contributed by atoms with Gasteiger partial charge in [-0.1, -0.05) is 16.8 Å². The highest BCUT2D eigenvalue weighted by Crippen LogP contribution is 2.21. The van der Waals surface area contributed by atoms with Gasteiger partial charge in [-0.2, -0.15) is 4.98 Å². The Bertz CT molecular complexity index is 703. The minimum Gasteiger partial charge on any atom is -0.461 e. The lowest BCUT2D eigenvalue weighted by Gasteiger charge is -2.02. The topological polar surface area (TPSA) is 64.1 Å². The van der Waals surface area contributed by atoms with Gasteiger partial charge in [0.2, 0.25) is 11.7 Å². The highest BCUT2D eigenvalue weighted by Gasteiger charge is 2.13. The summed E-state index contributed by atoms with van der Waals surface area (Å²) in [6, 6.07) is 9.26. The van der Waals surface area contributed by atoms with Crippen LogP contribution in [0.25, 0.3) is 11.6 Å². The quantitative estimate of drug-likeness (QED) is 0.789. The Hall–Kier alpha value is -2.27. The molecule has 2 aromatic heterocycles. The van der Waals surface area contributed by atoms with Crippen LogP contribution in [0.2, 0.25) is 5.02 Å². The largest absolute Gasteiger partial charge is 0.461 e. The van der Waals surface area contributed by atoms with E-state index in [1.54, 1.807) is 6.26 Å². The molecule has 0 atom stereocenters. The van der Waals surface area contributed by atoms with Gasteiger partial charge in [-0.25, -0.2) is 0 Å². The molecule has 2 heterocycles. The Balaban J connectivity index is 1.69. The van der Waals surface area contributed by atoms with E-state index in [-0.39, 0.29) is 0 Å². The number of halogens is 1. The standard InChI is InChI=1S/C14H12ClN3O2/c1-9-6-7-19-13(9)14-17-12(20-18-14)8-16-11-4-2-10(15)3-5-11/h2-7,16H,8H2,1H3. The summed E-state index contributed by atoms with van der Waals surface area (Å²) >= 11 is 5.82. The van der Waals surface area contributed by atoms with E-state index in [0.717, 1.165) is 11.3 Å². The number of anilines is 1. The maximum absolute atomic E-state index is 5.82. The monoisotopic (exact) mass is 289 g/mol. The van der Waals surface area contributed by atoms with Crippen molar-refractivity contribution in [3.8, 4) is 11.6 Å². The molecular weight excluding hydrogens is 278 g/mol. The first-order chi connectivity index (χ1) is 9.72. The van der Waals surface area contributed by atoms with Gasteiger partial charge in [0.05, 0.1) is 12.8 Å². The van der Waals surface area contributed by atoms with Crippen molar-refractivity contribution in [3.63, 3.8) is 0 Å². The number of benzene rings is 1. The summed E-state index contributed by atoms with van der Waals surface area (Å²) in [4.78, 5) is 4.29. The van der Waals surface area contributed by atoms with E-state index < -0.39 is 0 Å². The van der Waals surface area contributed by atoms with Gasteiger partial charge in [-0.3, -0.25) is 0 Å². The van der Waals surface area contributed by atoms with Crippen LogP contribution in [-0.2, 0) is 6.54 Å². The molecular formula is C14H12ClN3O2. The lowest BCUT2D eigenvalue weighted by Crippen LogP contribution is -1.99. The third kappa shape index (κ3) is 2.67.